The van der Waals surface area contributed by atoms with Crippen molar-refractivity contribution in [2.45, 2.75) is 25.3 Å². The number of ether oxygens (including phenoxy) is 1. The predicted molar refractivity (Wildman–Crippen MR) is 77.4 cm³/mol. The van der Waals surface area contributed by atoms with Gasteiger partial charge in [0, 0.05) is 16.5 Å². The van der Waals surface area contributed by atoms with Crippen LogP contribution < -0.4 is 10.5 Å². The van der Waals surface area contributed by atoms with Gasteiger partial charge in [0.05, 0.1) is 12.6 Å². The first-order valence-corrected chi connectivity index (χ1v) is 6.87. The van der Waals surface area contributed by atoms with Crippen LogP contribution in [-0.4, -0.2) is 6.61 Å². The molecule has 0 bridgehead atoms. The molecule has 0 radical (unpaired) electrons. The molecule has 0 saturated carbocycles. The van der Waals surface area contributed by atoms with Gasteiger partial charge in [-0.1, -0.05) is 32.0 Å². The summed E-state index contributed by atoms with van der Waals surface area (Å²) in [6.07, 6.45) is 0. The number of hydrogen-bond acceptors (Lipinski definition) is 2. The monoisotopic (exact) mass is 289 g/mol. The molecule has 0 aromatic heterocycles. The Balaban J connectivity index is 2.03. The molecule has 110 valence electrons. The molecular weight excluding hydrogens is 272 g/mol. The molecular formula is C17H17F2NO. The third kappa shape index (κ3) is 2.29. The molecule has 2 aromatic carbocycles. The molecule has 0 aliphatic carbocycles. The third-order valence-electron chi connectivity index (χ3n) is 4.00. The number of fused-ring (bicyclic) bond motifs is 1. The van der Waals surface area contributed by atoms with E-state index >= 15 is 0 Å². The topological polar surface area (TPSA) is 35.2 Å². The number of hydrogen-bond donors (Lipinski definition) is 1. The first-order valence-electron chi connectivity index (χ1n) is 6.87. The zero-order valence-electron chi connectivity index (χ0n) is 12.0. The molecule has 0 spiro atoms. The van der Waals surface area contributed by atoms with Crippen LogP contribution in [0.2, 0.25) is 0 Å². The van der Waals surface area contributed by atoms with Gasteiger partial charge in [-0.05, 0) is 23.8 Å². The number of nitrogens with two attached hydrogens (primary N) is 1. The van der Waals surface area contributed by atoms with Crippen LogP contribution >= 0.6 is 0 Å². The summed E-state index contributed by atoms with van der Waals surface area (Å²) in [5.74, 6) is -0.940. The van der Waals surface area contributed by atoms with Crippen molar-refractivity contribution in [3.05, 3.63) is 64.7 Å². The van der Waals surface area contributed by atoms with Crippen molar-refractivity contribution in [1.82, 2.24) is 0 Å². The summed E-state index contributed by atoms with van der Waals surface area (Å²) in [5, 5.41) is 0. The van der Waals surface area contributed by atoms with Crippen LogP contribution in [0.1, 0.15) is 36.6 Å². The molecule has 21 heavy (non-hydrogen) atoms. The van der Waals surface area contributed by atoms with Gasteiger partial charge >= 0.3 is 0 Å². The Hall–Kier alpha value is -1.94. The Morgan fingerprint density at radius 2 is 1.95 bits per heavy atom. The largest absolute Gasteiger partial charge is 0.492 e. The Morgan fingerprint density at radius 3 is 2.71 bits per heavy atom. The van der Waals surface area contributed by atoms with E-state index in [0.29, 0.717) is 6.61 Å². The second-order valence-electron chi connectivity index (χ2n) is 6.05. The summed E-state index contributed by atoms with van der Waals surface area (Å²) in [4.78, 5) is 0. The van der Waals surface area contributed by atoms with Gasteiger partial charge in [-0.15, -0.1) is 0 Å². The van der Waals surface area contributed by atoms with Crippen molar-refractivity contribution in [2.75, 3.05) is 6.61 Å². The fraction of sp³-hybridized carbons (Fsp3) is 0.294. The minimum atomic E-state index is -0.888. The summed E-state index contributed by atoms with van der Waals surface area (Å²) in [7, 11) is 0. The average Bonchev–Trinajstić information content (AvgIpc) is 2.76. The van der Waals surface area contributed by atoms with E-state index in [0.717, 1.165) is 22.9 Å². The summed E-state index contributed by atoms with van der Waals surface area (Å²) < 4.78 is 32.9. The van der Waals surface area contributed by atoms with Crippen molar-refractivity contribution in [1.29, 1.82) is 0 Å². The summed E-state index contributed by atoms with van der Waals surface area (Å²) in [6, 6.07) is 8.93. The number of halogens is 2. The highest BCUT2D eigenvalue weighted by Crippen LogP contribution is 2.40. The Bertz CT molecular complexity index is 697. The number of benzene rings is 2. The molecule has 1 aliphatic rings. The van der Waals surface area contributed by atoms with Gasteiger partial charge in [0.2, 0.25) is 0 Å². The zero-order chi connectivity index (χ0) is 15.2. The van der Waals surface area contributed by atoms with Crippen molar-refractivity contribution >= 4 is 0 Å². The molecule has 4 heteroatoms. The Kier molecular flexibility index (Phi) is 3.21. The van der Waals surface area contributed by atoms with E-state index < -0.39 is 17.7 Å². The summed E-state index contributed by atoms with van der Waals surface area (Å²) in [6.45, 7) is 4.77. The van der Waals surface area contributed by atoms with Crippen LogP contribution in [0.15, 0.2) is 36.4 Å². The van der Waals surface area contributed by atoms with E-state index in [1.807, 2.05) is 12.1 Å². The van der Waals surface area contributed by atoms with Crippen molar-refractivity contribution in [3.8, 4) is 5.75 Å². The first kappa shape index (κ1) is 14.0. The van der Waals surface area contributed by atoms with E-state index in [2.05, 4.69) is 13.8 Å². The second kappa shape index (κ2) is 4.81. The molecule has 1 heterocycles. The quantitative estimate of drug-likeness (QED) is 0.915. The molecule has 3 rings (SSSR count). The van der Waals surface area contributed by atoms with Crippen LogP contribution in [0.5, 0.6) is 5.75 Å². The van der Waals surface area contributed by atoms with Gasteiger partial charge in [-0.3, -0.25) is 0 Å². The van der Waals surface area contributed by atoms with Gasteiger partial charge < -0.3 is 10.5 Å². The molecule has 2 N–H and O–H groups in total. The van der Waals surface area contributed by atoms with Crippen LogP contribution in [0.25, 0.3) is 0 Å². The summed E-state index contributed by atoms with van der Waals surface area (Å²) >= 11 is 0. The minimum Gasteiger partial charge on any atom is -0.492 e. The summed E-state index contributed by atoms with van der Waals surface area (Å²) in [5.41, 5.74) is 7.97. The molecule has 1 aliphatic heterocycles. The van der Waals surface area contributed by atoms with Gasteiger partial charge in [-0.25, -0.2) is 8.78 Å². The van der Waals surface area contributed by atoms with Crippen LogP contribution in [-0.2, 0) is 5.41 Å². The highest BCUT2D eigenvalue weighted by molar-refractivity contribution is 5.47. The molecule has 2 nitrogen and oxygen atoms in total. The lowest BCUT2D eigenvalue weighted by Crippen LogP contribution is -2.19. The molecule has 2 aromatic rings. The van der Waals surface area contributed by atoms with Crippen molar-refractivity contribution in [3.63, 3.8) is 0 Å². The fourth-order valence-corrected chi connectivity index (χ4v) is 2.67. The van der Waals surface area contributed by atoms with Gasteiger partial charge in [0.15, 0.2) is 11.6 Å². The van der Waals surface area contributed by atoms with Gasteiger partial charge in [0.1, 0.15) is 5.75 Å². The van der Waals surface area contributed by atoms with Crippen LogP contribution in [0.3, 0.4) is 0 Å². The maximum atomic E-state index is 13.9. The smallest absolute Gasteiger partial charge is 0.163 e. The third-order valence-corrected chi connectivity index (χ3v) is 4.00. The normalized spacial score (nSPS) is 17.2. The lowest BCUT2D eigenvalue weighted by molar-refractivity contribution is 0.291. The van der Waals surface area contributed by atoms with Crippen molar-refractivity contribution < 1.29 is 13.5 Å². The van der Waals surface area contributed by atoms with E-state index in [4.69, 9.17) is 10.5 Å². The number of rotatable bonds is 2. The van der Waals surface area contributed by atoms with E-state index in [9.17, 15) is 8.78 Å². The van der Waals surface area contributed by atoms with E-state index in [1.54, 1.807) is 6.07 Å². The average molecular weight is 289 g/mol. The highest BCUT2D eigenvalue weighted by Gasteiger charge is 2.32. The standard InChI is InChI=1S/C17H17F2NO/c1-17(2)9-21-14-7-6-10(8-12(14)17)16(20)11-4-3-5-13(18)15(11)19/h3-8,16H,9,20H2,1-2H3. The van der Waals surface area contributed by atoms with Gasteiger partial charge in [-0.2, -0.15) is 0 Å². The molecule has 0 saturated heterocycles. The Morgan fingerprint density at radius 1 is 1.19 bits per heavy atom. The maximum absolute atomic E-state index is 13.9. The zero-order valence-corrected chi connectivity index (χ0v) is 12.0. The molecule has 1 unspecified atom stereocenters. The maximum Gasteiger partial charge on any atom is 0.163 e. The molecule has 0 fully saturated rings. The van der Waals surface area contributed by atoms with Crippen LogP contribution in [0, 0.1) is 11.6 Å². The van der Waals surface area contributed by atoms with Crippen molar-refractivity contribution in [2.24, 2.45) is 5.73 Å². The van der Waals surface area contributed by atoms with Crippen LogP contribution in [0.4, 0.5) is 8.78 Å². The lowest BCUT2D eigenvalue weighted by atomic mass is 9.85. The lowest BCUT2D eigenvalue weighted by Gasteiger charge is -2.18. The highest BCUT2D eigenvalue weighted by atomic mass is 19.2. The SMILES string of the molecule is CC1(C)COc2ccc(C(N)c3cccc(F)c3F)cc21. The second-order valence-corrected chi connectivity index (χ2v) is 6.05. The minimum absolute atomic E-state index is 0.106. The molecule has 1 atom stereocenters. The predicted octanol–water partition coefficient (Wildman–Crippen LogP) is 3.68. The van der Waals surface area contributed by atoms with E-state index in [-0.39, 0.29) is 11.0 Å². The molecule has 0 amide bonds. The fourth-order valence-electron chi connectivity index (χ4n) is 2.67. The van der Waals surface area contributed by atoms with Gasteiger partial charge in [0.25, 0.3) is 0 Å². The Labute approximate surface area is 122 Å². The van der Waals surface area contributed by atoms with E-state index in [1.165, 1.54) is 12.1 Å². The first-order chi connectivity index (χ1) is 9.90.